The maximum absolute atomic E-state index is 11.2. The van der Waals surface area contributed by atoms with Crippen molar-refractivity contribution >= 4 is 12.2 Å². The van der Waals surface area contributed by atoms with Crippen LogP contribution in [0, 0.1) is 5.92 Å². The normalized spacial score (nSPS) is 12.3. The van der Waals surface area contributed by atoms with Gasteiger partial charge in [-0.2, -0.15) is 5.10 Å². The van der Waals surface area contributed by atoms with Crippen LogP contribution in [0.2, 0.25) is 0 Å². The van der Waals surface area contributed by atoms with E-state index in [1.807, 2.05) is 33.8 Å². The first-order chi connectivity index (χ1) is 10.3. The van der Waals surface area contributed by atoms with E-state index in [0.29, 0.717) is 13.3 Å². The monoisotopic (exact) mass is 311 g/mol. The fraction of sp³-hybridized carbons (Fsp3) is 0.600. The van der Waals surface area contributed by atoms with Crippen LogP contribution >= 0.6 is 0 Å². The van der Waals surface area contributed by atoms with Gasteiger partial charge in [0.25, 0.3) is 0 Å². The lowest BCUT2D eigenvalue weighted by Gasteiger charge is -2.21. The van der Waals surface area contributed by atoms with Gasteiger partial charge in [0, 0.05) is 18.8 Å². The van der Waals surface area contributed by atoms with Crippen molar-refractivity contribution in [1.29, 1.82) is 0 Å². The van der Waals surface area contributed by atoms with Crippen molar-refractivity contribution in [1.82, 2.24) is 15.1 Å². The Balaban J connectivity index is 2.96. The lowest BCUT2D eigenvalue weighted by Crippen LogP contribution is -2.38. The van der Waals surface area contributed by atoms with Crippen LogP contribution in [0.25, 0.3) is 6.20 Å². The highest BCUT2D eigenvalue weighted by Crippen LogP contribution is 2.20. The minimum Gasteiger partial charge on any atom is -0.477 e. The number of aromatic carboxylic acids is 1. The van der Waals surface area contributed by atoms with E-state index >= 15 is 0 Å². The molecule has 0 bridgehead atoms. The molecule has 0 aliphatic heterocycles. The summed E-state index contributed by atoms with van der Waals surface area (Å²) in [5.41, 5.74) is -0.284. The third-order valence-electron chi connectivity index (χ3n) is 2.84. The van der Waals surface area contributed by atoms with E-state index in [0.717, 1.165) is 0 Å². The Morgan fingerprint density at radius 1 is 1.55 bits per heavy atom. The van der Waals surface area contributed by atoms with Crippen molar-refractivity contribution in [2.75, 3.05) is 20.4 Å². The van der Waals surface area contributed by atoms with Crippen LogP contribution in [0.15, 0.2) is 12.3 Å². The fourth-order valence-corrected chi connectivity index (χ4v) is 1.57. The van der Waals surface area contributed by atoms with E-state index in [-0.39, 0.29) is 22.9 Å². The molecule has 2 N–H and O–H groups in total. The lowest BCUT2D eigenvalue weighted by molar-refractivity contribution is 0.0691. The van der Waals surface area contributed by atoms with E-state index in [4.69, 9.17) is 9.47 Å². The Hall–Kier alpha value is -1.86. The van der Waals surface area contributed by atoms with Gasteiger partial charge in [0.15, 0.2) is 0 Å². The number of ether oxygens (including phenoxy) is 2. The van der Waals surface area contributed by atoms with Gasteiger partial charge in [-0.05, 0) is 25.8 Å². The van der Waals surface area contributed by atoms with Gasteiger partial charge < -0.3 is 14.6 Å². The molecule has 0 aromatic carbocycles. The van der Waals surface area contributed by atoms with Gasteiger partial charge >= 0.3 is 5.97 Å². The summed E-state index contributed by atoms with van der Waals surface area (Å²) in [6.07, 6.45) is 4.84. The first-order valence-electron chi connectivity index (χ1n) is 7.13. The Bertz CT molecular complexity index is 521. The molecule has 124 valence electrons. The molecule has 22 heavy (non-hydrogen) atoms. The molecule has 0 radical (unpaired) electrons. The van der Waals surface area contributed by atoms with Crippen molar-refractivity contribution < 1.29 is 19.4 Å². The molecule has 1 heterocycles. The summed E-state index contributed by atoms with van der Waals surface area (Å²) >= 11 is 0. The van der Waals surface area contributed by atoms with Gasteiger partial charge in [-0.15, -0.1) is 0 Å². The van der Waals surface area contributed by atoms with E-state index < -0.39 is 5.97 Å². The summed E-state index contributed by atoms with van der Waals surface area (Å²) in [4.78, 5) is 11.2. The minimum absolute atomic E-state index is 0.0490. The van der Waals surface area contributed by atoms with Gasteiger partial charge in [0.05, 0.1) is 19.5 Å². The highest BCUT2D eigenvalue weighted by atomic mass is 16.5. The topological polar surface area (TPSA) is 85.6 Å². The van der Waals surface area contributed by atoms with E-state index in [2.05, 4.69) is 10.4 Å². The largest absolute Gasteiger partial charge is 0.477 e. The van der Waals surface area contributed by atoms with Crippen LogP contribution in [0.5, 0.6) is 5.88 Å². The maximum Gasteiger partial charge on any atom is 0.342 e. The number of carboxylic acid groups (broad SMARTS) is 1. The molecular weight excluding hydrogens is 286 g/mol. The lowest BCUT2D eigenvalue weighted by atomic mass is 10.1. The molecule has 0 saturated heterocycles. The summed E-state index contributed by atoms with van der Waals surface area (Å²) in [5, 5.41) is 16.4. The van der Waals surface area contributed by atoms with Crippen LogP contribution in [0.1, 0.15) is 38.1 Å². The van der Waals surface area contributed by atoms with Crippen molar-refractivity contribution in [3.8, 4) is 5.88 Å². The van der Waals surface area contributed by atoms with Crippen molar-refractivity contribution in [2.45, 2.75) is 33.2 Å². The number of hydrogen-bond donors (Lipinski definition) is 2. The standard InChI is InChI=1S/C15H25N3O4/c1-11(2)9-22-13-12(14(19)20)8-17-18(13)7-6-15(3,4)16-10-21-5/h6-8,11,16H,9-10H2,1-5H3,(H,19,20)/b7-6+. The molecule has 0 amide bonds. The Morgan fingerprint density at radius 3 is 2.77 bits per heavy atom. The van der Waals surface area contributed by atoms with Crippen LogP contribution in [-0.2, 0) is 4.74 Å². The summed E-state index contributed by atoms with van der Waals surface area (Å²) in [5.74, 6) is -0.538. The molecule has 0 aliphatic carbocycles. The van der Waals surface area contributed by atoms with E-state index in [1.54, 1.807) is 13.3 Å². The molecule has 1 aromatic rings. The smallest absolute Gasteiger partial charge is 0.342 e. The number of methoxy groups -OCH3 is 1. The third-order valence-corrected chi connectivity index (χ3v) is 2.84. The predicted molar refractivity (Wildman–Crippen MR) is 83.9 cm³/mol. The minimum atomic E-state index is -1.06. The highest BCUT2D eigenvalue weighted by Gasteiger charge is 2.19. The number of rotatable bonds is 9. The Morgan fingerprint density at radius 2 is 2.23 bits per heavy atom. The number of carbonyl (C=O) groups is 1. The number of aromatic nitrogens is 2. The van der Waals surface area contributed by atoms with Gasteiger partial charge in [-0.3, -0.25) is 5.32 Å². The third kappa shape index (κ3) is 5.50. The van der Waals surface area contributed by atoms with E-state index in [1.165, 1.54) is 10.9 Å². The van der Waals surface area contributed by atoms with Gasteiger partial charge in [-0.1, -0.05) is 13.8 Å². The summed E-state index contributed by atoms with van der Waals surface area (Å²) in [7, 11) is 1.61. The van der Waals surface area contributed by atoms with Gasteiger partial charge in [-0.25, -0.2) is 9.48 Å². The van der Waals surface area contributed by atoms with Crippen LogP contribution < -0.4 is 10.1 Å². The molecule has 7 heteroatoms. The Kier molecular flexibility index (Phi) is 6.58. The average Bonchev–Trinajstić information content (AvgIpc) is 2.84. The summed E-state index contributed by atoms with van der Waals surface area (Å²) in [6, 6.07) is 0. The number of hydrogen-bond acceptors (Lipinski definition) is 5. The quantitative estimate of drug-likeness (QED) is 0.679. The predicted octanol–water partition coefficient (Wildman–Crippen LogP) is 2.06. The highest BCUT2D eigenvalue weighted by molar-refractivity contribution is 5.90. The molecule has 1 aromatic heterocycles. The number of nitrogens with zero attached hydrogens (tertiary/aromatic N) is 2. The first kappa shape index (κ1) is 18.2. The molecular formula is C15H25N3O4. The second-order valence-corrected chi connectivity index (χ2v) is 5.97. The fourth-order valence-electron chi connectivity index (χ4n) is 1.57. The van der Waals surface area contributed by atoms with Crippen molar-refractivity contribution in [3.63, 3.8) is 0 Å². The molecule has 7 nitrogen and oxygen atoms in total. The molecule has 0 unspecified atom stereocenters. The number of carboxylic acids is 1. The van der Waals surface area contributed by atoms with Crippen molar-refractivity contribution in [3.05, 3.63) is 17.8 Å². The number of nitrogens with one attached hydrogen (secondary N) is 1. The molecule has 0 saturated carbocycles. The maximum atomic E-state index is 11.2. The molecule has 1 rings (SSSR count). The van der Waals surface area contributed by atoms with Crippen molar-refractivity contribution in [2.24, 2.45) is 5.92 Å². The average molecular weight is 311 g/mol. The van der Waals surface area contributed by atoms with Gasteiger partial charge in [0.1, 0.15) is 5.56 Å². The summed E-state index contributed by atoms with van der Waals surface area (Å²) in [6.45, 7) is 8.76. The first-order valence-corrected chi connectivity index (χ1v) is 7.13. The van der Waals surface area contributed by atoms with Crippen LogP contribution in [0.4, 0.5) is 0 Å². The SMILES string of the molecule is COCNC(C)(C)/C=C/n1ncc(C(=O)O)c1OCC(C)C. The zero-order valence-corrected chi connectivity index (χ0v) is 13.8. The van der Waals surface area contributed by atoms with Crippen LogP contribution in [-0.4, -0.2) is 46.8 Å². The summed E-state index contributed by atoms with van der Waals surface area (Å²) < 4.78 is 12.0. The van der Waals surface area contributed by atoms with Crippen LogP contribution in [0.3, 0.4) is 0 Å². The zero-order chi connectivity index (χ0) is 16.8. The second-order valence-electron chi connectivity index (χ2n) is 5.97. The van der Waals surface area contributed by atoms with E-state index in [9.17, 15) is 9.90 Å². The molecule has 0 atom stereocenters. The second kappa shape index (κ2) is 7.95. The zero-order valence-electron chi connectivity index (χ0n) is 13.8. The molecule has 0 spiro atoms. The molecule has 0 aliphatic rings. The molecule has 0 fully saturated rings. The Labute approximate surface area is 130 Å². The van der Waals surface area contributed by atoms with Gasteiger partial charge in [0.2, 0.25) is 5.88 Å².